The minimum atomic E-state index is -0.356. The molecular weight excluding hydrogens is 470 g/mol. The Labute approximate surface area is 207 Å². The minimum Gasteiger partial charge on any atom is -0.383 e. The van der Waals surface area contributed by atoms with Crippen LogP contribution >= 0.6 is 11.6 Å². The number of ether oxygens (including phenoxy) is 1. The molecule has 1 aliphatic rings. The van der Waals surface area contributed by atoms with Crippen molar-refractivity contribution in [3.05, 3.63) is 76.3 Å². The number of halogens is 1. The number of imide groups is 1. The molecule has 1 heterocycles. The lowest BCUT2D eigenvalue weighted by atomic mass is 9.94. The molecule has 0 saturated heterocycles. The predicted molar refractivity (Wildman–Crippen MR) is 133 cm³/mol. The van der Waals surface area contributed by atoms with E-state index in [0.29, 0.717) is 41.8 Å². The van der Waals surface area contributed by atoms with Gasteiger partial charge in [-0.25, -0.2) is 0 Å². The second-order valence-electron chi connectivity index (χ2n) is 8.07. The van der Waals surface area contributed by atoms with Gasteiger partial charge in [-0.3, -0.25) is 24.1 Å². The second kappa shape index (κ2) is 10.7. The van der Waals surface area contributed by atoms with E-state index in [4.69, 9.17) is 16.3 Å². The summed E-state index contributed by atoms with van der Waals surface area (Å²) in [5.74, 6) is -1.34. The molecule has 0 spiro atoms. The summed E-state index contributed by atoms with van der Waals surface area (Å²) in [6, 6.07) is 15.4. The summed E-state index contributed by atoms with van der Waals surface area (Å²) in [6.07, 6.45) is 0.398. The average molecular weight is 494 g/mol. The standard InChI is InChI=1S/C26H24ClN3O5/c1-35-14-12-28-24(32)18-11-10-17(15-21(18)27)29-22(31)9-4-13-30-25(33)19-7-2-5-16-6-3-8-20(23(16)19)26(30)34/h2-3,5-8,10-11,15H,4,9,12-14H2,1H3,(H,28,32)(H,29,31). The molecule has 9 heteroatoms. The molecule has 3 aromatic carbocycles. The van der Waals surface area contributed by atoms with Gasteiger partial charge in [0.05, 0.1) is 17.2 Å². The zero-order valence-corrected chi connectivity index (χ0v) is 19.9. The number of nitrogens with zero attached hydrogens (tertiary/aromatic N) is 1. The maximum atomic E-state index is 12.9. The molecule has 0 atom stereocenters. The maximum absolute atomic E-state index is 12.9. The van der Waals surface area contributed by atoms with E-state index in [1.807, 2.05) is 12.1 Å². The summed E-state index contributed by atoms with van der Waals surface area (Å²) >= 11 is 6.21. The van der Waals surface area contributed by atoms with Crippen molar-refractivity contribution in [1.82, 2.24) is 10.2 Å². The number of amides is 4. The van der Waals surface area contributed by atoms with Crippen LogP contribution in [-0.2, 0) is 9.53 Å². The van der Waals surface area contributed by atoms with Crippen molar-refractivity contribution in [2.24, 2.45) is 0 Å². The largest absolute Gasteiger partial charge is 0.383 e. The molecule has 35 heavy (non-hydrogen) atoms. The molecule has 180 valence electrons. The highest BCUT2D eigenvalue weighted by molar-refractivity contribution is 6.34. The van der Waals surface area contributed by atoms with Gasteiger partial charge in [0.15, 0.2) is 0 Å². The second-order valence-corrected chi connectivity index (χ2v) is 8.47. The molecule has 4 amide bonds. The fourth-order valence-electron chi connectivity index (χ4n) is 4.04. The lowest BCUT2D eigenvalue weighted by molar-refractivity contribution is -0.116. The van der Waals surface area contributed by atoms with E-state index < -0.39 is 0 Å². The highest BCUT2D eigenvalue weighted by Gasteiger charge is 2.32. The van der Waals surface area contributed by atoms with E-state index in [0.717, 1.165) is 5.39 Å². The van der Waals surface area contributed by atoms with Gasteiger partial charge in [0.2, 0.25) is 5.91 Å². The number of carbonyl (C=O) groups excluding carboxylic acids is 4. The highest BCUT2D eigenvalue weighted by Crippen LogP contribution is 2.30. The summed E-state index contributed by atoms with van der Waals surface area (Å²) in [4.78, 5) is 51.7. The lowest BCUT2D eigenvalue weighted by Gasteiger charge is -2.27. The Bertz CT molecular complexity index is 1270. The van der Waals surface area contributed by atoms with Crippen LogP contribution in [0.1, 0.15) is 43.9 Å². The van der Waals surface area contributed by atoms with Crippen molar-refractivity contribution >= 4 is 51.7 Å². The number of methoxy groups -OCH3 is 1. The summed E-state index contributed by atoms with van der Waals surface area (Å²) in [5.41, 5.74) is 1.71. The van der Waals surface area contributed by atoms with Crippen molar-refractivity contribution in [3.63, 3.8) is 0 Å². The van der Waals surface area contributed by atoms with Gasteiger partial charge in [-0.1, -0.05) is 35.9 Å². The topological polar surface area (TPSA) is 105 Å². The molecule has 3 aromatic rings. The summed E-state index contributed by atoms with van der Waals surface area (Å²) in [7, 11) is 1.54. The van der Waals surface area contributed by atoms with Crippen LogP contribution in [0.5, 0.6) is 0 Å². The first-order chi connectivity index (χ1) is 16.9. The number of nitrogens with one attached hydrogen (secondary N) is 2. The SMILES string of the molecule is COCCNC(=O)c1ccc(NC(=O)CCCN2C(=O)c3cccc4cccc(c34)C2=O)cc1Cl. The third-order valence-electron chi connectivity index (χ3n) is 5.73. The molecule has 0 unspecified atom stereocenters. The molecule has 1 aliphatic heterocycles. The zero-order valence-electron chi connectivity index (χ0n) is 19.1. The Morgan fingerprint density at radius 1 is 1.00 bits per heavy atom. The lowest BCUT2D eigenvalue weighted by Crippen LogP contribution is -2.41. The van der Waals surface area contributed by atoms with Crippen LogP contribution < -0.4 is 10.6 Å². The molecule has 0 saturated carbocycles. The first-order valence-electron chi connectivity index (χ1n) is 11.1. The molecule has 4 rings (SSSR count). The highest BCUT2D eigenvalue weighted by atomic mass is 35.5. The molecule has 0 aromatic heterocycles. The summed E-state index contributed by atoms with van der Waals surface area (Å²) in [6.45, 7) is 0.859. The van der Waals surface area contributed by atoms with Crippen molar-refractivity contribution in [2.45, 2.75) is 12.8 Å². The van der Waals surface area contributed by atoms with E-state index >= 15 is 0 Å². The van der Waals surface area contributed by atoms with Crippen LogP contribution in [0.4, 0.5) is 5.69 Å². The first kappa shape index (κ1) is 24.4. The quantitative estimate of drug-likeness (QED) is 0.347. The summed E-state index contributed by atoms with van der Waals surface area (Å²) in [5, 5.41) is 7.14. The van der Waals surface area contributed by atoms with Crippen LogP contribution in [0.2, 0.25) is 5.02 Å². The monoisotopic (exact) mass is 493 g/mol. The van der Waals surface area contributed by atoms with Gasteiger partial charge in [-0.15, -0.1) is 0 Å². The van der Waals surface area contributed by atoms with Crippen LogP contribution in [0, 0.1) is 0 Å². The third kappa shape index (κ3) is 5.18. The van der Waals surface area contributed by atoms with Gasteiger partial charge in [0, 0.05) is 48.8 Å². The first-order valence-corrected chi connectivity index (χ1v) is 11.5. The molecule has 0 fully saturated rings. The predicted octanol–water partition coefficient (Wildman–Crippen LogP) is 3.88. The number of hydrogen-bond acceptors (Lipinski definition) is 5. The number of benzene rings is 3. The van der Waals surface area contributed by atoms with Gasteiger partial charge in [-0.2, -0.15) is 0 Å². The van der Waals surface area contributed by atoms with E-state index in [-0.39, 0.29) is 47.2 Å². The van der Waals surface area contributed by atoms with Gasteiger partial charge < -0.3 is 15.4 Å². The van der Waals surface area contributed by atoms with Crippen molar-refractivity contribution < 1.29 is 23.9 Å². The Morgan fingerprint density at radius 3 is 2.31 bits per heavy atom. The minimum absolute atomic E-state index is 0.0970. The van der Waals surface area contributed by atoms with Crippen LogP contribution in [0.15, 0.2) is 54.6 Å². The van der Waals surface area contributed by atoms with Crippen molar-refractivity contribution in [3.8, 4) is 0 Å². The smallest absolute Gasteiger partial charge is 0.261 e. The van der Waals surface area contributed by atoms with Gasteiger partial charge in [0.1, 0.15) is 0 Å². The molecule has 8 nitrogen and oxygen atoms in total. The number of anilines is 1. The Hall–Kier alpha value is -3.75. The van der Waals surface area contributed by atoms with Crippen molar-refractivity contribution in [1.29, 1.82) is 0 Å². The Morgan fingerprint density at radius 2 is 1.69 bits per heavy atom. The molecule has 2 N–H and O–H groups in total. The van der Waals surface area contributed by atoms with Crippen LogP contribution in [0.3, 0.4) is 0 Å². The Kier molecular flexibility index (Phi) is 7.43. The van der Waals surface area contributed by atoms with E-state index in [9.17, 15) is 19.2 Å². The number of hydrogen-bond donors (Lipinski definition) is 2. The molecule has 0 bridgehead atoms. The number of rotatable bonds is 9. The van der Waals surface area contributed by atoms with Crippen LogP contribution in [-0.4, -0.2) is 55.3 Å². The normalized spacial score (nSPS) is 12.7. The summed E-state index contributed by atoms with van der Waals surface area (Å²) < 4.78 is 4.90. The van der Waals surface area contributed by atoms with Crippen molar-refractivity contribution in [2.75, 3.05) is 32.1 Å². The zero-order chi connectivity index (χ0) is 24.9. The van der Waals surface area contributed by atoms with E-state index in [2.05, 4.69) is 10.6 Å². The van der Waals surface area contributed by atoms with E-state index in [1.54, 1.807) is 30.3 Å². The van der Waals surface area contributed by atoms with E-state index in [1.165, 1.54) is 24.1 Å². The van der Waals surface area contributed by atoms with Crippen LogP contribution in [0.25, 0.3) is 10.8 Å². The van der Waals surface area contributed by atoms with Gasteiger partial charge >= 0.3 is 0 Å². The average Bonchev–Trinajstić information content (AvgIpc) is 2.84. The van der Waals surface area contributed by atoms with Gasteiger partial charge in [0.25, 0.3) is 17.7 Å². The fourth-order valence-corrected chi connectivity index (χ4v) is 4.31. The number of carbonyl (C=O) groups is 4. The maximum Gasteiger partial charge on any atom is 0.261 e. The third-order valence-corrected chi connectivity index (χ3v) is 6.04. The molecule has 0 radical (unpaired) electrons. The molecular formula is C26H24ClN3O5. The van der Waals surface area contributed by atoms with Gasteiger partial charge in [-0.05, 0) is 42.1 Å². The molecule has 0 aliphatic carbocycles. The fraction of sp³-hybridized carbons (Fsp3) is 0.231. The Balaban J connectivity index is 1.33.